The summed E-state index contributed by atoms with van der Waals surface area (Å²) in [5.41, 5.74) is 0.613. The molecule has 0 atom stereocenters. The number of methoxy groups -OCH3 is 1. The Kier molecular flexibility index (Phi) is 4.77. The summed E-state index contributed by atoms with van der Waals surface area (Å²) in [6, 6.07) is 0. The van der Waals surface area contributed by atoms with Crippen LogP contribution in [0, 0.1) is 5.41 Å². The molecule has 1 N–H and O–H groups in total. The fourth-order valence-electron chi connectivity index (χ4n) is 2.39. The van der Waals surface area contributed by atoms with Gasteiger partial charge in [-0.3, -0.25) is 4.90 Å². The van der Waals surface area contributed by atoms with Crippen LogP contribution in [0.3, 0.4) is 0 Å². The Bertz CT molecular complexity index is 214. The first-order chi connectivity index (χ1) is 7.37. The van der Waals surface area contributed by atoms with E-state index >= 15 is 0 Å². The molecule has 1 fully saturated rings. The lowest BCUT2D eigenvalue weighted by molar-refractivity contribution is 0.0853. The van der Waals surface area contributed by atoms with Crippen molar-refractivity contribution in [2.45, 2.75) is 39.7 Å². The summed E-state index contributed by atoms with van der Waals surface area (Å²) >= 11 is 0. The fourth-order valence-corrected chi connectivity index (χ4v) is 2.39. The maximum Gasteiger partial charge on any atom is 0.0474 e. The molecule has 0 amide bonds. The summed E-state index contributed by atoms with van der Waals surface area (Å²) in [5, 5.41) is 3.58. The zero-order valence-electron chi connectivity index (χ0n) is 11.6. The SMILES string of the molecule is COCCCN1CC(C)(C)CNCC1(C)C. The first-order valence-electron chi connectivity index (χ1n) is 6.32. The van der Waals surface area contributed by atoms with Gasteiger partial charge in [0.05, 0.1) is 0 Å². The van der Waals surface area contributed by atoms with Gasteiger partial charge in [-0.1, -0.05) is 13.8 Å². The lowest BCUT2D eigenvalue weighted by Gasteiger charge is -2.39. The predicted molar refractivity (Wildman–Crippen MR) is 68.8 cm³/mol. The lowest BCUT2D eigenvalue weighted by Crippen LogP contribution is -2.50. The molecule has 0 unspecified atom stereocenters. The van der Waals surface area contributed by atoms with Crippen molar-refractivity contribution in [2.24, 2.45) is 5.41 Å². The summed E-state index contributed by atoms with van der Waals surface area (Å²) < 4.78 is 5.14. The topological polar surface area (TPSA) is 24.5 Å². The maximum atomic E-state index is 5.14. The first-order valence-corrected chi connectivity index (χ1v) is 6.32. The molecule has 0 bridgehead atoms. The molecule has 0 aromatic carbocycles. The van der Waals surface area contributed by atoms with Gasteiger partial charge in [0.2, 0.25) is 0 Å². The van der Waals surface area contributed by atoms with Crippen LogP contribution in [0.5, 0.6) is 0 Å². The molecule has 3 nitrogen and oxygen atoms in total. The number of nitrogens with zero attached hydrogens (tertiary/aromatic N) is 1. The molecule has 1 aliphatic rings. The van der Waals surface area contributed by atoms with Gasteiger partial charge in [0.1, 0.15) is 0 Å². The Morgan fingerprint density at radius 2 is 1.88 bits per heavy atom. The van der Waals surface area contributed by atoms with E-state index in [1.54, 1.807) is 7.11 Å². The number of hydrogen-bond acceptors (Lipinski definition) is 3. The number of rotatable bonds is 4. The second-order valence-corrected chi connectivity index (χ2v) is 6.35. The van der Waals surface area contributed by atoms with Crippen LogP contribution >= 0.6 is 0 Å². The van der Waals surface area contributed by atoms with Crippen LogP contribution in [0.1, 0.15) is 34.1 Å². The van der Waals surface area contributed by atoms with Gasteiger partial charge in [-0.15, -0.1) is 0 Å². The highest BCUT2D eigenvalue weighted by Crippen LogP contribution is 2.25. The molecule has 0 radical (unpaired) electrons. The molecule has 96 valence electrons. The van der Waals surface area contributed by atoms with E-state index in [1.807, 2.05) is 0 Å². The van der Waals surface area contributed by atoms with Crippen LogP contribution < -0.4 is 5.32 Å². The summed E-state index contributed by atoms with van der Waals surface area (Å²) in [5.74, 6) is 0. The Morgan fingerprint density at radius 3 is 2.50 bits per heavy atom. The van der Waals surface area contributed by atoms with Crippen LogP contribution in [0.4, 0.5) is 0 Å². The quantitative estimate of drug-likeness (QED) is 0.742. The van der Waals surface area contributed by atoms with Gasteiger partial charge in [-0.05, 0) is 25.7 Å². The minimum absolute atomic E-state index is 0.251. The molecular weight excluding hydrogens is 200 g/mol. The van der Waals surface area contributed by atoms with Gasteiger partial charge < -0.3 is 10.1 Å². The maximum absolute atomic E-state index is 5.14. The van der Waals surface area contributed by atoms with E-state index in [2.05, 4.69) is 37.9 Å². The van der Waals surface area contributed by atoms with Crippen molar-refractivity contribution in [3.8, 4) is 0 Å². The van der Waals surface area contributed by atoms with Crippen LogP contribution in [0.2, 0.25) is 0 Å². The van der Waals surface area contributed by atoms with Crippen molar-refractivity contribution < 1.29 is 4.74 Å². The van der Waals surface area contributed by atoms with E-state index in [-0.39, 0.29) is 5.54 Å². The second-order valence-electron chi connectivity index (χ2n) is 6.35. The highest BCUT2D eigenvalue weighted by Gasteiger charge is 2.34. The molecule has 3 heteroatoms. The van der Waals surface area contributed by atoms with Gasteiger partial charge in [0.25, 0.3) is 0 Å². The van der Waals surface area contributed by atoms with Crippen molar-refractivity contribution >= 4 is 0 Å². The number of ether oxygens (including phenoxy) is 1. The van der Waals surface area contributed by atoms with Gasteiger partial charge >= 0.3 is 0 Å². The van der Waals surface area contributed by atoms with E-state index in [0.717, 1.165) is 39.2 Å². The zero-order valence-corrected chi connectivity index (χ0v) is 11.6. The minimum atomic E-state index is 0.251. The van der Waals surface area contributed by atoms with E-state index in [9.17, 15) is 0 Å². The Morgan fingerprint density at radius 1 is 1.19 bits per heavy atom. The lowest BCUT2D eigenvalue weighted by atomic mass is 9.92. The van der Waals surface area contributed by atoms with Crippen molar-refractivity contribution in [3.63, 3.8) is 0 Å². The van der Waals surface area contributed by atoms with Gasteiger partial charge in [-0.2, -0.15) is 0 Å². The third-order valence-corrected chi connectivity index (χ3v) is 3.41. The molecule has 0 spiro atoms. The van der Waals surface area contributed by atoms with Crippen molar-refractivity contribution in [2.75, 3.05) is 39.9 Å². The first kappa shape index (κ1) is 13.9. The predicted octanol–water partition coefficient (Wildman–Crippen LogP) is 1.73. The van der Waals surface area contributed by atoms with Crippen LogP contribution in [0.25, 0.3) is 0 Å². The van der Waals surface area contributed by atoms with E-state index in [0.29, 0.717) is 5.41 Å². The van der Waals surface area contributed by atoms with Crippen LogP contribution in [-0.2, 0) is 4.74 Å². The molecular formula is C13H28N2O. The van der Waals surface area contributed by atoms with Crippen molar-refractivity contribution in [3.05, 3.63) is 0 Å². The smallest absolute Gasteiger partial charge is 0.0474 e. The summed E-state index contributed by atoms with van der Waals surface area (Å²) in [6.07, 6.45) is 1.12. The van der Waals surface area contributed by atoms with Crippen molar-refractivity contribution in [1.82, 2.24) is 10.2 Å². The molecule has 0 aliphatic carbocycles. The molecule has 1 heterocycles. The minimum Gasteiger partial charge on any atom is -0.385 e. The molecule has 1 saturated heterocycles. The molecule has 16 heavy (non-hydrogen) atoms. The zero-order chi connectivity index (χ0) is 12.2. The van der Waals surface area contributed by atoms with Crippen LogP contribution in [-0.4, -0.2) is 50.3 Å². The van der Waals surface area contributed by atoms with Crippen LogP contribution in [0.15, 0.2) is 0 Å². The highest BCUT2D eigenvalue weighted by molar-refractivity contribution is 4.92. The Labute approximate surface area is 101 Å². The molecule has 0 aromatic rings. The van der Waals surface area contributed by atoms with Gasteiger partial charge in [0, 0.05) is 45.4 Å². The number of hydrogen-bond donors (Lipinski definition) is 1. The third-order valence-electron chi connectivity index (χ3n) is 3.41. The summed E-state index contributed by atoms with van der Waals surface area (Å²) in [4.78, 5) is 2.60. The van der Waals surface area contributed by atoms with E-state index < -0.39 is 0 Å². The molecule has 0 aromatic heterocycles. The van der Waals surface area contributed by atoms with Gasteiger partial charge in [0.15, 0.2) is 0 Å². The summed E-state index contributed by atoms with van der Waals surface area (Å²) in [6.45, 7) is 14.7. The van der Waals surface area contributed by atoms with Gasteiger partial charge in [-0.25, -0.2) is 0 Å². The second kappa shape index (κ2) is 5.48. The summed E-state index contributed by atoms with van der Waals surface area (Å²) in [7, 11) is 1.78. The molecule has 1 aliphatic heterocycles. The third kappa shape index (κ3) is 4.04. The largest absolute Gasteiger partial charge is 0.385 e. The van der Waals surface area contributed by atoms with E-state index in [4.69, 9.17) is 4.74 Å². The fraction of sp³-hybridized carbons (Fsp3) is 1.00. The number of nitrogens with one attached hydrogen (secondary N) is 1. The standard InChI is InChI=1S/C13H28N2O/c1-12(2)9-14-10-13(3,4)15(11-12)7-6-8-16-5/h14H,6-11H2,1-5H3. The van der Waals surface area contributed by atoms with E-state index in [1.165, 1.54) is 0 Å². The molecule has 1 rings (SSSR count). The highest BCUT2D eigenvalue weighted by atomic mass is 16.5. The average Bonchev–Trinajstić information content (AvgIpc) is 2.24. The molecule has 0 saturated carbocycles. The Balaban J connectivity index is 2.59. The van der Waals surface area contributed by atoms with Crippen molar-refractivity contribution in [1.29, 1.82) is 0 Å². The monoisotopic (exact) mass is 228 g/mol. The Hall–Kier alpha value is -0.120. The normalized spacial score (nSPS) is 25.3. The average molecular weight is 228 g/mol.